The minimum Gasteiger partial charge on any atom is -0.451 e. The van der Waals surface area contributed by atoms with E-state index < -0.39 is 17.6 Å². The van der Waals surface area contributed by atoms with Gasteiger partial charge in [-0.05, 0) is 48.5 Å². The first-order valence-electron chi connectivity index (χ1n) is 7.38. The topological polar surface area (TPSA) is 42.2 Å². The molecule has 1 aromatic heterocycles. The average molecular weight is 435 g/mol. The lowest BCUT2D eigenvalue weighted by molar-refractivity contribution is -0.137. The molecule has 0 aliphatic rings. The minimum absolute atomic E-state index is 0.0232. The lowest BCUT2D eigenvalue weighted by Gasteiger charge is -2.09. The molecule has 0 aliphatic carbocycles. The molecule has 0 saturated carbocycles. The predicted molar refractivity (Wildman–Crippen MR) is 98.6 cm³/mol. The number of hydrogen-bond acceptors (Lipinski definition) is 2. The van der Waals surface area contributed by atoms with E-state index in [4.69, 9.17) is 39.2 Å². The Morgan fingerprint density at radius 2 is 1.67 bits per heavy atom. The number of alkyl halides is 3. The molecule has 0 spiro atoms. The SMILES string of the molecule is O=C(Nc1ccc(Cl)cc1Cl)c1ccc(-c2cc(C(F)(F)F)ccc2Cl)o1. The van der Waals surface area contributed by atoms with Crippen LogP contribution in [0.3, 0.4) is 0 Å². The van der Waals surface area contributed by atoms with Crippen LogP contribution >= 0.6 is 34.8 Å². The van der Waals surface area contributed by atoms with Gasteiger partial charge in [0.2, 0.25) is 0 Å². The third-order valence-corrected chi connectivity index (χ3v) is 4.45. The number of rotatable bonds is 3. The van der Waals surface area contributed by atoms with Gasteiger partial charge < -0.3 is 9.73 Å². The van der Waals surface area contributed by atoms with E-state index in [0.717, 1.165) is 18.2 Å². The third kappa shape index (κ3) is 4.40. The zero-order chi connectivity index (χ0) is 19.8. The van der Waals surface area contributed by atoms with Crippen molar-refractivity contribution >= 4 is 46.4 Å². The van der Waals surface area contributed by atoms with E-state index in [1.807, 2.05) is 0 Å². The highest BCUT2D eigenvalue weighted by Gasteiger charge is 2.31. The van der Waals surface area contributed by atoms with E-state index in [9.17, 15) is 18.0 Å². The Kier molecular flexibility index (Phi) is 5.42. The zero-order valence-corrected chi connectivity index (χ0v) is 15.5. The molecule has 140 valence electrons. The fraction of sp³-hybridized carbons (Fsp3) is 0.0556. The first-order chi connectivity index (χ1) is 12.6. The van der Waals surface area contributed by atoms with Gasteiger partial charge in [0.25, 0.3) is 5.91 Å². The van der Waals surface area contributed by atoms with Crippen LogP contribution in [-0.2, 0) is 6.18 Å². The molecular formula is C18H9Cl3F3NO2. The number of furan rings is 1. The highest BCUT2D eigenvalue weighted by atomic mass is 35.5. The Labute approximate surface area is 166 Å². The van der Waals surface area contributed by atoms with Crippen LogP contribution in [-0.4, -0.2) is 5.91 Å². The second-order valence-electron chi connectivity index (χ2n) is 5.43. The van der Waals surface area contributed by atoms with Crippen molar-refractivity contribution in [1.82, 2.24) is 0 Å². The molecule has 1 heterocycles. The normalized spacial score (nSPS) is 11.5. The summed E-state index contributed by atoms with van der Waals surface area (Å²) in [6, 6.07) is 10.0. The van der Waals surface area contributed by atoms with E-state index in [2.05, 4.69) is 5.32 Å². The number of nitrogens with one attached hydrogen (secondary N) is 1. The molecule has 9 heteroatoms. The van der Waals surface area contributed by atoms with Crippen molar-refractivity contribution in [2.45, 2.75) is 6.18 Å². The Hall–Kier alpha value is -2.15. The molecule has 0 bridgehead atoms. The van der Waals surface area contributed by atoms with Gasteiger partial charge in [-0.25, -0.2) is 0 Å². The molecule has 0 aliphatic heterocycles. The highest BCUT2D eigenvalue weighted by Crippen LogP contribution is 2.36. The number of carbonyl (C=O) groups is 1. The van der Waals surface area contributed by atoms with Crippen molar-refractivity contribution in [1.29, 1.82) is 0 Å². The summed E-state index contributed by atoms with van der Waals surface area (Å²) in [5, 5.41) is 3.22. The highest BCUT2D eigenvalue weighted by molar-refractivity contribution is 6.36. The van der Waals surface area contributed by atoms with Gasteiger partial charge in [0.15, 0.2) is 5.76 Å². The molecular weight excluding hydrogens is 426 g/mol. The van der Waals surface area contributed by atoms with Gasteiger partial charge >= 0.3 is 6.18 Å². The van der Waals surface area contributed by atoms with Crippen LogP contribution in [0.2, 0.25) is 15.1 Å². The van der Waals surface area contributed by atoms with Crippen molar-refractivity contribution in [3.05, 3.63) is 74.9 Å². The van der Waals surface area contributed by atoms with Gasteiger partial charge in [-0.1, -0.05) is 34.8 Å². The van der Waals surface area contributed by atoms with Gasteiger partial charge in [-0.3, -0.25) is 4.79 Å². The minimum atomic E-state index is -4.53. The molecule has 1 N–H and O–H groups in total. The van der Waals surface area contributed by atoms with Crippen LogP contribution in [0.5, 0.6) is 0 Å². The summed E-state index contributed by atoms with van der Waals surface area (Å²) in [4.78, 5) is 12.3. The van der Waals surface area contributed by atoms with E-state index in [-0.39, 0.29) is 27.1 Å². The summed E-state index contributed by atoms with van der Waals surface area (Å²) in [6.07, 6.45) is -4.53. The average Bonchev–Trinajstić information content (AvgIpc) is 3.06. The number of amides is 1. The van der Waals surface area contributed by atoms with Crippen molar-refractivity contribution in [3.63, 3.8) is 0 Å². The number of hydrogen-bond donors (Lipinski definition) is 1. The van der Waals surface area contributed by atoms with Crippen molar-refractivity contribution < 1.29 is 22.4 Å². The van der Waals surface area contributed by atoms with E-state index in [0.29, 0.717) is 10.7 Å². The summed E-state index contributed by atoms with van der Waals surface area (Å²) in [5.41, 5.74) is -0.548. The first-order valence-corrected chi connectivity index (χ1v) is 8.52. The molecule has 3 aromatic rings. The molecule has 0 radical (unpaired) electrons. The molecule has 3 rings (SSSR count). The van der Waals surface area contributed by atoms with E-state index >= 15 is 0 Å². The summed E-state index contributed by atoms with van der Waals surface area (Å²) in [6.45, 7) is 0. The monoisotopic (exact) mass is 433 g/mol. The molecule has 0 fully saturated rings. The summed E-state index contributed by atoms with van der Waals surface area (Å²) in [5.74, 6) is -0.725. The van der Waals surface area contributed by atoms with Gasteiger partial charge in [-0.2, -0.15) is 13.2 Å². The van der Waals surface area contributed by atoms with Crippen molar-refractivity contribution in [2.24, 2.45) is 0 Å². The quantitative estimate of drug-likeness (QED) is 0.474. The molecule has 1 amide bonds. The summed E-state index contributed by atoms with van der Waals surface area (Å²) >= 11 is 17.8. The Balaban J connectivity index is 1.87. The molecule has 3 nitrogen and oxygen atoms in total. The number of anilines is 1. The second-order valence-corrected chi connectivity index (χ2v) is 6.69. The molecule has 0 atom stereocenters. The number of halogens is 6. The van der Waals surface area contributed by atoms with Gasteiger partial charge in [-0.15, -0.1) is 0 Å². The Bertz CT molecular complexity index is 1020. The largest absolute Gasteiger partial charge is 0.451 e. The standard InChI is InChI=1S/C18H9Cl3F3NO2/c19-10-2-4-14(13(21)8-10)25-17(26)16-6-5-15(27-16)11-7-9(18(22,23)24)1-3-12(11)20/h1-8H,(H,25,26). The predicted octanol–water partition coefficient (Wildman–Crippen LogP) is 7.18. The van der Waals surface area contributed by atoms with Crippen LogP contribution < -0.4 is 5.32 Å². The summed E-state index contributed by atoms with van der Waals surface area (Å²) < 4.78 is 44.1. The molecule has 2 aromatic carbocycles. The lowest BCUT2D eigenvalue weighted by Crippen LogP contribution is -2.11. The summed E-state index contributed by atoms with van der Waals surface area (Å²) in [7, 11) is 0. The first kappa shape index (κ1) is 19.6. The van der Waals surface area contributed by atoms with Gasteiger partial charge in [0, 0.05) is 10.6 Å². The van der Waals surface area contributed by atoms with E-state index in [1.165, 1.54) is 24.3 Å². The van der Waals surface area contributed by atoms with Crippen LogP contribution in [0.25, 0.3) is 11.3 Å². The van der Waals surface area contributed by atoms with Crippen LogP contribution in [0, 0.1) is 0 Å². The van der Waals surface area contributed by atoms with E-state index in [1.54, 1.807) is 6.07 Å². The second kappa shape index (κ2) is 7.46. The Morgan fingerprint density at radius 3 is 2.33 bits per heavy atom. The maximum absolute atomic E-state index is 12.9. The molecule has 0 unspecified atom stereocenters. The van der Waals surface area contributed by atoms with Crippen molar-refractivity contribution in [3.8, 4) is 11.3 Å². The fourth-order valence-corrected chi connectivity index (χ4v) is 2.94. The maximum atomic E-state index is 12.9. The van der Waals surface area contributed by atoms with Gasteiger partial charge in [0.1, 0.15) is 5.76 Å². The lowest BCUT2D eigenvalue weighted by atomic mass is 10.1. The van der Waals surface area contributed by atoms with Gasteiger partial charge in [0.05, 0.1) is 21.3 Å². The molecule has 27 heavy (non-hydrogen) atoms. The third-order valence-electron chi connectivity index (χ3n) is 3.57. The smallest absolute Gasteiger partial charge is 0.416 e. The number of benzene rings is 2. The Morgan fingerprint density at radius 1 is 0.926 bits per heavy atom. The zero-order valence-electron chi connectivity index (χ0n) is 13.2. The maximum Gasteiger partial charge on any atom is 0.416 e. The molecule has 0 saturated heterocycles. The van der Waals surface area contributed by atoms with Crippen LogP contribution in [0.15, 0.2) is 52.9 Å². The van der Waals surface area contributed by atoms with Crippen LogP contribution in [0.4, 0.5) is 18.9 Å². The van der Waals surface area contributed by atoms with Crippen LogP contribution in [0.1, 0.15) is 16.1 Å². The fourth-order valence-electron chi connectivity index (χ4n) is 2.27. The number of carbonyl (C=O) groups excluding carboxylic acids is 1. The van der Waals surface area contributed by atoms with Crippen molar-refractivity contribution in [2.75, 3.05) is 5.32 Å².